The molecule has 2 aromatic carbocycles. The number of benzene rings is 2. The van der Waals surface area contributed by atoms with Crippen molar-refractivity contribution in [3.8, 4) is 6.07 Å². The van der Waals surface area contributed by atoms with Crippen LogP contribution in [0.4, 0.5) is 5.69 Å². The van der Waals surface area contributed by atoms with Crippen LogP contribution in [-0.4, -0.2) is 5.91 Å². The summed E-state index contributed by atoms with van der Waals surface area (Å²) in [7, 11) is 0. The number of halogens is 1. The van der Waals surface area contributed by atoms with E-state index in [1.165, 1.54) is 0 Å². The van der Waals surface area contributed by atoms with Gasteiger partial charge in [-0.3, -0.25) is 4.79 Å². The third kappa shape index (κ3) is 3.37. The molecule has 3 N–H and O–H groups in total. The van der Waals surface area contributed by atoms with Crippen molar-refractivity contribution in [1.29, 1.82) is 5.26 Å². The topological polar surface area (TPSA) is 78.9 Å². The second-order valence-electron chi connectivity index (χ2n) is 4.23. The first-order valence-corrected chi connectivity index (χ1v) is 6.71. The fraction of sp³-hybridized carbons (Fsp3) is 0.0667. The maximum absolute atomic E-state index is 12.0. The summed E-state index contributed by atoms with van der Waals surface area (Å²) < 4.78 is 0.760. The minimum atomic E-state index is -0.202. The number of rotatable bonds is 3. The Morgan fingerprint density at radius 3 is 2.80 bits per heavy atom. The summed E-state index contributed by atoms with van der Waals surface area (Å²) in [6, 6.07) is 14.2. The Kier molecular flexibility index (Phi) is 4.38. The van der Waals surface area contributed by atoms with Crippen molar-refractivity contribution in [2.75, 3.05) is 5.73 Å². The third-order valence-electron chi connectivity index (χ3n) is 2.77. The summed E-state index contributed by atoms with van der Waals surface area (Å²) in [5, 5.41) is 11.6. The number of amides is 1. The van der Waals surface area contributed by atoms with E-state index in [-0.39, 0.29) is 5.91 Å². The molecule has 20 heavy (non-hydrogen) atoms. The maximum Gasteiger partial charge on any atom is 0.251 e. The number of nitrogens with one attached hydrogen (secondary N) is 1. The molecular weight excluding hydrogens is 318 g/mol. The molecule has 4 nitrogen and oxygen atoms in total. The Bertz CT molecular complexity index is 692. The fourth-order valence-corrected chi connectivity index (χ4v) is 1.97. The van der Waals surface area contributed by atoms with Crippen LogP contribution in [0.15, 0.2) is 46.9 Å². The molecule has 0 unspecified atom stereocenters. The summed E-state index contributed by atoms with van der Waals surface area (Å²) in [5.74, 6) is -0.202. The highest BCUT2D eigenvalue weighted by Gasteiger charge is 2.07. The molecule has 5 heteroatoms. The van der Waals surface area contributed by atoms with Crippen molar-refractivity contribution in [1.82, 2.24) is 5.32 Å². The van der Waals surface area contributed by atoms with Crippen LogP contribution in [0.25, 0.3) is 0 Å². The Hall–Kier alpha value is -2.32. The second kappa shape index (κ2) is 6.22. The zero-order valence-electron chi connectivity index (χ0n) is 10.6. The number of anilines is 1. The molecule has 0 heterocycles. The Morgan fingerprint density at radius 2 is 2.10 bits per heavy atom. The first-order chi connectivity index (χ1) is 9.60. The van der Waals surface area contributed by atoms with Crippen LogP contribution in [0.3, 0.4) is 0 Å². The predicted octanol–water partition coefficient (Wildman–Crippen LogP) is 2.83. The minimum Gasteiger partial charge on any atom is -0.398 e. The van der Waals surface area contributed by atoms with Crippen LogP contribution in [-0.2, 0) is 6.54 Å². The molecule has 0 aliphatic heterocycles. The van der Waals surface area contributed by atoms with Crippen molar-refractivity contribution in [2.45, 2.75) is 6.54 Å². The average Bonchev–Trinajstić information content (AvgIpc) is 2.47. The summed E-state index contributed by atoms with van der Waals surface area (Å²) in [6.07, 6.45) is 0. The number of hydrogen-bond donors (Lipinski definition) is 2. The van der Waals surface area contributed by atoms with E-state index in [4.69, 9.17) is 11.0 Å². The summed E-state index contributed by atoms with van der Waals surface area (Å²) in [6.45, 7) is 0.365. The summed E-state index contributed by atoms with van der Waals surface area (Å²) in [4.78, 5) is 12.0. The zero-order chi connectivity index (χ0) is 14.5. The normalized spacial score (nSPS) is 9.80. The first-order valence-electron chi connectivity index (χ1n) is 5.92. The van der Waals surface area contributed by atoms with Gasteiger partial charge in [0.05, 0.1) is 11.6 Å². The molecule has 2 rings (SSSR count). The van der Waals surface area contributed by atoms with Crippen molar-refractivity contribution in [3.05, 3.63) is 63.6 Å². The first kappa shape index (κ1) is 14.1. The molecule has 0 fully saturated rings. The van der Waals surface area contributed by atoms with Crippen LogP contribution in [0.1, 0.15) is 21.5 Å². The Morgan fingerprint density at radius 1 is 1.30 bits per heavy atom. The number of hydrogen-bond acceptors (Lipinski definition) is 3. The molecule has 0 aromatic heterocycles. The van der Waals surface area contributed by atoms with E-state index in [1.807, 2.05) is 6.07 Å². The van der Waals surface area contributed by atoms with Crippen molar-refractivity contribution < 1.29 is 4.79 Å². The van der Waals surface area contributed by atoms with Crippen LogP contribution in [0, 0.1) is 11.3 Å². The monoisotopic (exact) mass is 329 g/mol. The molecule has 0 aliphatic carbocycles. The molecule has 0 radical (unpaired) electrons. The van der Waals surface area contributed by atoms with Gasteiger partial charge in [0, 0.05) is 22.3 Å². The van der Waals surface area contributed by atoms with Gasteiger partial charge in [-0.2, -0.15) is 5.26 Å². The third-order valence-corrected chi connectivity index (χ3v) is 3.49. The molecule has 0 saturated heterocycles. The van der Waals surface area contributed by atoms with Crippen LogP contribution < -0.4 is 11.1 Å². The van der Waals surface area contributed by atoms with Gasteiger partial charge in [-0.25, -0.2) is 0 Å². The van der Waals surface area contributed by atoms with Crippen LogP contribution in [0.2, 0.25) is 0 Å². The lowest BCUT2D eigenvalue weighted by atomic mass is 10.1. The molecule has 0 atom stereocenters. The number of carbonyl (C=O) groups is 1. The van der Waals surface area contributed by atoms with Gasteiger partial charge < -0.3 is 11.1 Å². The Balaban J connectivity index is 2.05. The van der Waals surface area contributed by atoms with Crippen LogP contribution in [0.5, 0.6) is 0 Å². The quantitative estimate of drug-likeness (QED) is 0.850. The average molecular weight is 330 g/mol. The van der Waals surface area contributed by atoms with Gasteiger partial charge >= 0.3 is 0 Å². The second-order valence-corrected chi connectivity index (χ2v) is 5.09. The van der Waals surface area contributed by atoms with Gasteiger partial charge in [-0.05, 0) is 51.8 Å². The predicted molar refractivity (Wildman–Crippen MR) is 80.9 cm³/mol. The van der Waals surface area contributed by atoms with Crippen molar-refractivity contribution >= 4 is 27.5 Å². The zero-order valence-corrected chi connectivity index (χ0v) is 12.1. The molecular formula is C15H12BrN3O. The van der Waals surface area contributed by atoms with E-state index in [1.54, 1.807) is 36.4 Å². The largest absolute Gasteiger partial charge is 0.398 e. The lowest BCUT2D eigenvalue weighted by Gasteiger charge is -2.07. The molecule has 100 valence electrons. The van der Waals surface area contributed by atoms with Crippen molar-refractivity contribution in [2.24, 2.45) is 0 Å². The fourth-order valence-electron chi connectivity index (χ4n) is 1.72. The maximum atomic E-state index is 12.0. The molecule has 1 amide bonds. The van der Waals surface area contributed by atoms with E-state index in [2.05, 4.69) is 27.3 Å². The number of nitrogen functional groups attached to an aromatic ring is 1. The number of nitriles is 1. The van der Waals surface area contributed by atoms with E-state index < -0.39 is 0 Å². The van der Waals surface area contributed by atoms with Crippen LogP contribution >= 0.6 is 15.9 Å². The van der Waals surface area contributed by atoms with Gasteiger partial charge in [-0.15, -0.1) is 0 Å². The van der Waals surface area contributed by atoms with E-state index in [0.717, 1.165) is 10.0 Å². The number of nitrogens with two attached hydrogens (primary N) is 1. The summed E-state index contributed by atoms with van der Waals surface area (Å²) >= 11 is 3.28. The number of nitrogens with zero attached hydrogens (tertiary/aromatic N) is 1. The van der Waals surface area contributed by atoms with Gasteiger partial charge in [0.2, 0.25) is 0 Å². The SMILES string of the molecule is N#Cc1cccc(CNC(=O)c2ccc(Br)c(N)c2)c1. The standard InChI is InChI=1S/C15H12BrN3O/c16-13-5-4-12(7-14(13)18)15(20)19-9-11-3-1-2-10(6-11)8-17/h1-7H,9,18H2,(H,19,20). The van der Waals surface area contributed by atoms with Gasteiger partial charge in [-0.1, -0.05) is 12.1 Å². The van der Waals surface area contributed by atoms with E-state index in [0.29, 0.717) is 23.4 Å². The van der Waals surface area contributed by atoms with Gasteiger partial charge in [0.25, 0.3) is 5.91 Å². The van der Waals surface area contributed by atoms with Crippen molar-refractivity contribution in [3.63, 3.8) is 0 Å². The Labute approximate surface area is 125 Å². The molecule has 2 aromatic rings. The molecule has 0 spiro atoms. The highest BCUT2D eigenvalue weighted by Crippen LogP contribution is 2.20. The lowest BCUT2D eigenvalue weighted by molar-refractivity contribution is 0.0951. The van der Waals surface area contributed by atoms with Gasteiger partial charge in [0.15, 0.2) is 0 Å². The smallest absolute Gasteiger partial charge is 0.251 e. The van der Waals surface area contributed by atoms with E-state index in [9.17, 15) is 4.79 Å². The minimum absolute atomic E-state index is 0.202. The lowest BCUT2D eigenvalue weighted by Crippen LogP contribution is -2.22. The highest BCUT2D eigenvalue weighted by molar-refractivity contribution is 9.10. The number of carbonyl (C=O) groups excluding carboxylic acids is 1. The van der Waals surface area contributed by atoms with Gasteiger partial charge in [0.1, 0.15) is 0 Å². The molecule has 0 saturated carbocycles. The molecule has 0 bridgehead atoms. The summed E-state index contributed by atoms with van der Waals surface area (Å²) in [5.41, 5.74) is 8.21. The highest BCUT2D eigenvalue weighted by atomic mass is 79.9. The molecule has 0 aliphatic rings. The van der Waals surface area contributed by atoms with E-state index >= 15 is 0 Å².